The lowest BCUT2D eigenvalue weighted by Gasteiger charge is -2.14. The summed E-state index contributed by atoms with van der Waals surface area (Å²) < 4.78 is 0. The molecule has 14 heavy (non-hydrogen) atoms. The molecule has 0 aliphatic heterocycles. The van der Waals surface area contributed by atoms with Crippen molar-refractivity contribution >= 4 is 0 Å². The van der Waals surface area contributed by atoms with Gasteiger partial charge in [0.25, 0.3) is 0 Å². The van der Waals surface area contributed by atoms with Gasteiger partial charge in [0, 0.05) is 6.04 Å². The van der Waals surface area contributed by atoms with Crippen LogP contribution < -0.4 is 5.32 Å². The van der Waals surface area contributed by atoms with Gasteiger partial charge in [-0.2, -0.15) is 0 Å². The quantitative estimate of drug-likeness (QED) is 0.771. The van der Waals surface area contributed by atoms with Crippen LogP contribution >= 0.6 is 0 Å². The van der Waals surface area contributed by atoms with E-state index in [2.05, 4.69) is 44.3 Å². The zero-order valence-electron chi connectivity index (χ0n) is 9.72. The molecule has 0 spiro atoms. The second-order valence-electron chi connectivity index (χ2n) is 4.02. The number of rotatable bonds is 4. The molecule has 1 N–H and O–H groups in total. The molecule has 0 fully saturated rings. The summed E-state index contributed by atoms with van der Waals surface area (Å²) in [6, 6.07) is 7.36. The minimum atomic E-state index is 0.608. The van der Waals surface area contributed by atoms with E-state index < -0.39 is 0 Å². The number of likely N-dealkylation sites (N-methyl/N-ethyl adjacent to an activating group) is 1. The first kappa shape index (κ1) is 11.3. The van der Waals surface area contributed by atoms with Crippen LogP contribution in [0.5, 0.6) is 0 Å². The first-order valence-electron chi connectivity index (χ1n) is 5.40. The van der Waals surface area contributed by atoms with E-state index in [4.69, 9.17) is 0 Å². The van der Waals surface area contributed by atoms with E-state index in [0.717, 1.165) is 6.42 Å². The van der Waals surface area contributed by atoms with Crippen molar-refractivity contribution in [3.05, 3.63) is 34.9 Å². The third-order valence-electron chi connectivity index (χ3n) is 2.95. The minimum Gasteiger partial charge on any atom is -0.317 e. The SMILES string of the molecule is CCC(Cc1ccc(C)c(C)c1)NC. The zero-order chi connectivity index (χ0) is 10.6. The molecule has 0 aromatic heterocycles. The van der Waals surface area contributed by atoms with Gasteiger partial charge in [-0.25, -0.2) is 0 Å². The average Bonchev–Trinajstić information content (AvgIpc) is 2.19. The molecular formula is C13H21N. The second-order valence-corrected chi connectivity index (χ2v) is 4.02. The highest BCUT2D eigenvalue weighted by Crippen LogP contribution is 2.12. The van der Waals surface area contributed by atoms with Crippen molar-refractivity contribution in [2.45, 2.75) is 39.7 Å². The molecule has 1 rings (SSSR count). The fraction of sp³-hybridized carbons (Fsp3) is 0.538. The van der Waals surface area contributed by atoms with Crippen LogP contribution in [0.2, 0.25) is 0 Å². The summed E-state index contributed by atoms with van der Waals surface area (Å²) in [4.78, 5) is 0. The average molecular weight is 191 g/mol. The molecule has 1 unspecified atom stereocenters. The van der Waals surface area contributed by atoms with Crippen molar-refractivity contribution in [3.63, 3.8) is 0 Å². The van der Waals surface area contributed by atoms with Crippen LogP contribution in [0.3, 0.4) is 0 Å². The summed E-state index contributed by atoms with van der Waals surface area (Å²) in [7, 11) is 2.04. The van der Waals surface area contributed by atoms with Gasteiger partial charge in [0.15, 0.2) is 0 Å². The van der Waals surface area contributed by atoms with E-state index in [1.54, 1.807) is 0 Å². The van der Waals surface area contributed by atoms with Crippen LogP contribution in [0.4, 0.5) is 0 Å². The van der Waals surface area contributed by atoms with Gasteiger partial charge < -0.3 is 5.32 Å². The Balaban J connectivity index is 2.72. The lowest BCUT2D eigenvalue weighted by Crippen LogP contribution is -2.26. The highest BCUT2D eigenvalue weighted by molar-refractivity contribution is 5.30. The smallest absolute Gasteiger partial charge is 0.0102 e. The van der Waals surface area contributed by atoms with Crippen LogP contribution in [-0.2, 0) is 6.42 Å². The molecule has 0 aliphatic rings. The third-order valence-corrected chi connectivity index (χ3v) is 2.95. The van der Waals surface area contributed by atoms with E-state index in [9.17, 15) is 0 Å². The number of nitrogens with one attached hydrogen (secondary N) is 1. The molecule has 1 heteroatoms. The van der Waals surface area contributed by atoms with Gasteiger partial charge in [0.2, 0.25) is 0 Å². The maximum Gasteiger partial charge on any atom is 0.0102 e. The van der Waals surface area contributed by atoms with Gasteiger partial charge in [-0.1, -0.05) is 25.1 Å². The van der Waals surface area contributed by atoms with Crippen LogP contribution in [0.15, 0.2) is 18.2 Å². The van der Waals surface area contributed by atoms with Crippen molar-refractivity contribution < 1.29 is 0 Å². The summed E-state index contributed by atoms with van der Waals surface area (Å²) in [6.07, 6.45) is 2.32. The maximum absolute atomic E-state index is 3.33. The Morgan fingerprint density at radius 1 is 1.21 bits per heavy atom. The van der Waals surface area contributed by atoms with Crippen molar-refractivity contribution in [1.29, 1.82) is 0 Å². The third kappa shape index (κ3) is 2.85. The maximum atomic E-state index is 3.33. The number of aryl methyl sites for hydroxylation is 2. The molecule has 0 bridgehead atoms. The van der Waals surface area contributed by atoms with E-state index in [-0.39, 0.29) is 0 Å². The van der Waals surface area contributed by atoms with Gasteiger partial charge >= 0.3 is 0 Å². The Bertz CT molecular complexity index is 287. The van der Waals surface area contributed by atoms with Crippen LogP contribution in [-0.4, -0.2) is 13.1 Å². The Labute approximate surface area is 87.5 Å². The van der Waals surface area contributed by atoms with E-state index in [1.807, 2.05) is 7.05 Å². The van der Waals surface area contributed by atoms with Crippen molar-refractivity contribution in [3.8, 4) is 0 Å². The Morgan fingerprint density at radius 2 is 1.93 bits per heavy atom. The fourth-order valence-electron chi connectivity index (χ4n) is 1.67. The van der Waals surface area contributed by atoms with Crippen LogP contribution in [0.25, 0.3) is 0 Å². The predicted molar refractivity (Wildman–Crippen MR) is 62.8 cm³/mol. The normalized spacial score (nSPS) is 12.9. The van der Waals surface area contributed by atoms with Gasteiger partial charge in [-0.05, 0) is 50.4 Å². The van der Waals surface area contributed by atoms with Gasteiger partial charge in [-0.15, -0.1) is 0 Å². The monoisotopic (exact) mass is 191 g/mol. The first-order chi connectivity index (χ1) is 6.67. The predicted octanol–water partition coefficient (Wildman–Crippen LogP) is 2.84. The Kier molecular flexibility index (Phi) is 4.15. The zero-order valence-corrected chi connectivity index (χ0v) is 9.72. The minimum absolute atomic E-state index is 0.608. The largest absolute Gasteiger partial charge is 0.317 e. The summed E-state index contributed by atoms with van der Waals surface area (Å²) in [5.74, 6) is 0. The van der Waals surface area contributed by atoms with Crippen LogP contribution in [0.1, 0.15) is 30.0 Å². The van der Waals surface area contributed by atoms with Crippen LogP contribution in [0, 0.1) is 13.8 Å². The molecular weight excluding hydrogens is 170 g/mol. The highest BCUT2D eigenvalue weighted by Gasteiger charge is 2.04. The molecule has 0 heterocycles. The fourth-order valence-corrected chi connectivity index (χ4v) is 1.67. The Morgan fingerprint density at radius 3 is 2.43 bits per heavy atom. The van der Waals surface area contributed by atoms with Gasteiger partial charge in [0.1, 0.15) is 0 Å². The standard InChI is InChI=1S/C13H21N/c1-5-13(14-4)9-12-7-6-10(2)11(3)8-12/h6-8,13-14H,5,9H2,1-4H3. The number of hydrogen-bond acceptors (Lipinski definition) is 1. The lowest BCUT2D eigenvalue weighted by atomic mass is 10.00. The molecule has 78 valence electrons. The van der Waals surface area contributed by atoms with Crippen molar-refractivity contribution in [2.75, 3.05) is 7.05 Å². The molecule has 0 saturated heterocycles. The first-order valence-corrected chi connectivity index (χ1v) is 5.40. The number of benzene rings is 1. The van der Waals surface area contributed by atoms with Gasteiger partial charge in [0.05, 0.1) is 0 Å². The molecule has 1 atom stereocenters. The van der Waals surface area contributed by atoms with E-state index >= 15 is 0 Å². The topological polar surface area (TPSA) is 12.0 Å². The van der Waals surface area contributed by atoms with E-state index in [1.165, 1.54) is 23.1 Å². The molecule has 0 saturated carbocycles. The molecule has 1 nitrogen and oxygen atoms in total. The molecule has 0 amide bonds. The van der Waals surface area contributed by atoms with E-state index in [0.29, 0.717) is 6.04 Å². The summed E-state index contributed by atoms with van der Waals surface area (Å²) in [6.45, 7) is 6.57. The van der Waals surface area contributed by atoms with Gasteiger partial charge in [-0.3, -0.25) is 0 Å². The molecule has 1 aromatic rings. The molecule has 0 radical (unpaired) electrons. The summed E-state index contributed by atoms with van der Waals surface area (Å²) in [5.41, 5.74) is 4.22. The highest BCUT2D eigenvalue weighted by atomic mass is 14.9. The summed E-state index contributed by atoms with van der Waals surface area (Å²) in [5, 5.41) is 3.33. The molecule has 0 aliphatic carbocycles. The number of hydrogen-bond donors (Lipinski definition) is 1. The lowest BCUT2D eigenvalue weighted by molar-refractivity contribution is 0.543. The molecule has 1 aromatic carbocycles. The second kappa shape index (κ2) is 5.16. The Hall–Kier alpha value is -0.820. The van der Waals surface area contributed by atoms with Crippen molar-refractivity contribution in [1.82, 2.24) is 5.32 Å². The van der Waals surface area contributed by atoms with Crippen molar-refractivity contribution in [2.24, 2.45) is 0 Å². The summed E-state index contributed by atoms with van der Waals surface area (Å²) >= 11 is 0.